The van der Waals surface area contributed by atoms with E-state index in [0.29, 0.717) is 0 Å². The summed E-state index contributed by atoms with van der Waals surface area (Å²) in [5.41, 5.74) is 4.48. The van der Waals surface area contributed by atoms with Crippen molar-refractivity contribution in [1.29, 1.82) is 0 Å². The van der Waals surface area contributed by atoms with E-state index in [2.05, 4.69) is 41.0 Å². The first-order valence-corrected chi connectivity index (χ1v) is 7.89. The highest BCUT2D eigenvalue weighted by molar-refractivity contribution is 7.07. The van der Waals surface area contributed by atoms with Gasteiger partial charge in [0.05, 0.1) is 13.2 Å². The third-order valence-electron chi connectivity index (χ3n) is 4.18. The van der Waals surface area contributed by atoms with Gasteiger partial charge in [-0.3, -0.25) is 16.2 Å². The Morgan fingerprint density at radius 3 is 2.79 bits per heavy atom. The molecule has 3 N–H and O–H groups in total. The normalized spacial score (nSPS) is 19.5. The van der Waals surface area contributed by atoms with Crippen molar-refractivity contribution in [2.45, 2.75) is 38.3 Å². The van der Waals surface area contributed by atoms with Crippen LogP contribution in [0.4, 0.5) is 0 Å². The SMILES string of the molecule is CC(C)(C(CCc1ccsc1)NN)N1CCOCC1. The summed E-state index contributed by atoms with van der Waals surface area (Å²) < 4.78 is 5.44. The molecule has 0 amide bonds. The van der Waals surface area contributed by atoms with Gasteiger partial charge >= 0.3 is 0 Å². The van der Waals surface area contributed by atoms with Crippen molar-refractivity contribution in [2.75, 3.05) is 26.3 Å². The molecule has 19 heavy (non-hydrogen) atoms. The first kappa shape index (κ1) is 14.9. The van der Waals surface area contributed by atoms with E-state index < -0.39 is 0 Å². The maximum absolute atomic E-state index is 5.80. The molecule has 2 heterocycles. The van der Waals surface area contributed by atoms with E-state index in [4.69, 9.17) is 10.6 Å². The third kappa shape index (κ3) is 3.77. The molecule has 1 aromatic rings. The fraction of sp³-hybridized carbons (Fsp3) is 0.714. The Balaban J connectivity index is 1.94. The number of ether oxygens (including phenoxy) is 1. The van der Waals surface area contributed by atoms with Crippen LogP contribution in [-0.2, 0) is 11.2 Å². The average molecular weight is 283 g/mol. The van der Waals surface area contributed by atoms with E-state index >= 15 is 0 Å². The fourth-order valence-corrected chi connectivity index (χ4v) is 3.45. The quantitative estimate of drug-likeness (QED) is 0.615. The van der Waals surface area contributed by atoms with Gasteiger partial charge in [0.1, 0.15) is 0 Å². The third-order valence-corrected chi connectivity index (χ3v) is 4.91. The summed E-state index contributed by atoms with van der Waals surface area (Å²) >= 11 is 1.76. The van der Waals surface area contributed by atoms with Gasteiger partial charge in [0.25, 0.3) is 0 Å². The van der Waals surface area contributed by atoms with Crippen LogP contribution < -0.4 is 11.3 Å². The Hall–Kier alpha value is -0.460. The largest absolute Gasteiger partial charge is 0.379 e. The minimum atomic E-state index is 0.0502. The zero-order valence-electron chi connectivity index (χ0n) is 11.9. The smallest absolute Gasteiger partial charge is 0.0594 e. The number of nitrogens with one attached hydrogen (secondary N) is 1. The number of nitrogens with two attached hydrogens (primary N) is 1. The van der Waals surface area contributed by atoms with Crippen LogP contribution in [0.15, 0.2) is 16.8 Å². The molecular weight excluding hydrogens is 258 g/mol. The van der Waals surface area contributed by atoms with Crippen molar-refractivity contribution in [3.63, 3.8) is 0 Å². The van der Waals surface area contributed by atoms with Gasteiger partial charge < -0.3 is 4.74 Å². The minimum Gasteiger partial charge on any atom is -0.379 e. The van der Waals surface area contributed by atoms with Crippen molar-refractivity contribution < 1.29 is 4.74 Å². The van der Waals surface area contributed by atoms with Crippen LogP contribution in [0.25, 0.3) is 0 Å². The summed E-state index contributed by atoms with van der Waals surface area (Å²) in [5.74, 6) is 5.80. The standard InChI is InChI=1S/C14H25N3OS/c1-14(2,17-6-8-18-9-7-17)13(16-15)4-3-12-5-10-19-11-12/h5,10-11,13,16H,3-4,6-9,15H2,1-2H3. The molecule has 2 rings (SSSR count). The molecule has 0 radical (unpaired) electrons. The molecule has 0 spiro atoms. The summed E-state index contributed by atoms with van der Waals surface area (Å²) in [6.07, 6.45) is 2.13. The molecule has 1 atom stereocenters. The van der Waals surface area contributed by atoms with Crippen LogP contribution in [0, 0.1) is 0 Å². The molecule has 0 bridgehead atoms. The number of hydrazine groups is 1. The molecule has 1 unspecified atom stereocenters. The van der Waals surface area contributed by atoms with Crippen molar-refractivity contribution in [1.82, 2.24) is 10.3 Å². The van der Waals surface area contributed by atoms with E-state index in [1.807, 2.05) is 0 Å². The number of morpholine rings is 1. The zero-order valence-corrected chi connectivity index (χ0v) is 12.7. The second-order valence-corrected chi connectivity index (χ2v) is 6.42. The predicted molar refractivity (Wildman–Crippen MR) is 80.2 cm³/mol. The molecule has 1 fully saturated rings. The number of nitrogens with zero attached hydrogens (tertiary/aromatic N) is 1. The Kier molecular flexibility index (Phi) is 5.36. The molecule has 1 aliphatic rings. The Bertz CT molecular complexity index is 361. The van der Waals surface area contributed by atoms with Crippen molar-refractivity contribution >= 4 is 11.3 Å². The van der Waals surface area contributed by atoms with Gasteiger partial charge in [-0.15, -0.1) is 0 Å². The summed E-state index contributed by atoms with van der Waals surface area (Å²) in [5, 5.41) is 4.35. The summed E-state index contributed by atoms with van der Waals surface area (Å²) in [7, 11) is 0. The highest BCUT2D eigenvalue weighted by Gasteiger charge is 2.35. The number of hydrogen-bond acceptors (Lipinski definition) is 5. The van der Waals surface area contributed by atoms with E-state index in [0.717, 1.165) is 39.1 Å². The lowest BCUT2D eigenvalue weighted by molar-refractivity contribution is -0.0243. The maximum atomic E-state index is 5.80. The fourth-order valence-electron chi connectivity index (χ4n) is 2.75. The highest BCUT2D eigenvalue weighted by Crippen LogP contribution is 2.23. The summed E-state index contributed by atoms with van der Waals surface area (Å²) in [4.78, 5) is 2.48. The lowest BCUT2D eigenvalue weighted by Crippen LogP contribution is -2.61. The van der Waals surface area contributed by atoms with Crippen molar-refractivity contribution in [3.05, 3.63) is 22.4 Å². The summed E-state index contributed by atoms with van der Waals surface area (Å²) in [6, 6.07) is 2.48. The molecular formula is C14H25N3OS. The number of hydrogen-bond donors (Lipinski definition) is 2. The predicted octanol–water partition coefficient (Wildman–Crippen LogP) is 1.62. The lowest BCUT2D eigenvalue weighted by atomic mass is 9.88. The molecule has 0 aromatic carbocycles. The first-order valence-electron chi connectivity index (χ1n) is 6.94. The van der Waals surface area contributed by atoms with E-state index in [-0.39, 0.29) is 11.6 Å². The molecule has 108 valence electrons. The van der Waals surface area contributed by atoms with E-state index in [1.165, 1.54) is 5.56 Å². The van der Waals surface area contributed by atoms with E-state index in [9.17, 15) is 0 Å². The average Bonchev–Trinajstić information content (AvgIpc) is 2.93. The van der Waals surface area contributed by atoms with Gasteiger partial charge in [-0.05, 0) is 49.1 Å². The van der Waals surface area contributed by atoms with Gasteiger partial charge in [-0.2, -0.15) is 11.3 Å². The van der Waals surface area contributed by atoms with Crippen LogP contribution >= 0.6 is 11.3 Å². The van der Waals surface area contributed by atoms with Crippen LogP contribution in [0.5, 0.6) is 0 Å². The molecule has 1 aromatic heterocycles. The monoisotopic (exact) mass is 283 g/mol. The number of thiophene rings is 1. The lowest BCUT2D eigenvalue weighted by Gasteiger charge is -2.45. The molecule has 1 saturated heterocycles. The Labute approximate surface area is 119 Å². The second kappa shape index (κ2) is 6.81. The second-order valence-electron chi connectivity index (χ2n) is 5.64. The van der Waals surface area contributed by atoms with Gasteiger partial charge in [-0.1, -0.05) is 0 Å². The molecule has 1 aliphatic heterocycles. The molecule has 5 heteroatoms. The molecule has 4 nitrogen and oxygen atoms in total. The summed E-state index contributed by atoms with van der Waals surface area (Å²) in [6.45, 7) is 8.18. The molecule has 0 saturated carbocycles. The van der Waals surface area contributed by atoms with Crippen molar-refractivity contribution in [3.8, 4) is 0 Å². The first-order chi connectivity index (χ1) is 9.14. The van der Waals surface area contributed by atoms with Crippen LogP contribution in [0.1, 0.15) is 25.8 Å². The number of rotatable bonds is 6. The molecule has 0 aliphatic carbocycles. The number of aryl methyl sites for hydroxylation is 1. The minimum absolute atomic E-state index is 0.0502. The van der Waals surface area contributed by atoms with Crippen LogP contribution in [0.3, 0.4) is 0 Å². The highest BCUT2D eigenvalue weighted by atomic mass is 32.1. The van der Waals surface area contributed by atoms with E-state index in [1.54, 1.807) is 11.3 Å². The Morgan fingerprint density at radius 2 is 2.21 bits per heavy atom. The topological polar surface area (TPSA) is 50.5 Å². The zero-order chi connectivity index (χ0) is 13.7. The van der Waals surface area contributed by atoms with Gasteiger partial charge in [-0.25, -0.2) is 0 Å². The maximum Gasteiger partial charge on any atom is 0.0594 e. The van der Waals surface area contributed by atoms with Gasteiger partial charge in [0.2, 0.25) is 0 Å². The van der Waals surface area contributed by atoms with Gasteiger partial charge in [0.15, 0.2) is 0 Å². The van der Waals surface area contributed by atoms with Gasteiger partial charge in [0, 0.05) is 24.7 Å². The van der Waals surface area contributed by atoms with Crippen molar-refractivity contribution in [2.24, 2.45) is 5.84 Å². The van der Waals surface area contributed by atoms with Crippen LogP contribution in [-0.4, -0.2) is 42.8 Å². The Morgan fingerprint density at radius 1 is 1.47 bits per heavy atom. The van der Waals surface area contributed by atoms with Crippen LogP contribution in [0.2, 0.25) is 0 Å².